The molecule has 0 atom stereocenters. The lowest BCUT2D eigenvalue weighted by molar-refractivity contribution is -0.131. The quantitative estimate of drug-likeness (QED) is 0.0937. The lowest BCUT2D eigenvalue weighted by Crippen LogP contribution is -2.36. The van der Waals surface area contributed by atoms with Crippen molar-refractivity contribution in [2.75, 3.05) is 26.2 Å². The number of rotatable bonds is 22. The van der Waals surface area contributed by atoms with Gasteiger partial charge in [-0.1, -0.05) is 79.8 Å². The van der Waals surface area contributed by atoms with Crippen molar-refractivity contribution in [3.05, 3.63) is 85.1 Å². The average molecular weight is 512 g/mol. The fraction of sp³-hybridized carbons (Fsp3) is 0.433. The number of carboxylic acids is 1. The molecule has 2 amide bonds. The van der Waals surface area contributed by atoms with Crippen LogP contribution in [0.2, 0.25) is 0 Å². The maximum absolute atomic E-state index is 11.8. The largest absolute Gasteiger partial charge is 0.478 e. The van der Waals surface area contributed by atoms with Crippen LogP contribution < -0.4 is 16.0 Å². The highest BCUT2D eigenvalue weighted by atomic mass is 16.4. The van der Waals surface area contributed by atoms with Gasteiger partial charge in [-0.05, 0) is 44.9 Å². The van der Waals surface area contributed by atoms with Crippen molar-refractivity contribution in [2.24, 2.45) is 0 Å². The van der Waals surface area contributed by atoms with E-state index < -0.39 is 11.9 Å². The zero-order valence-corrected chi connectivity index (χ0v) is 22.2. The van der Waals surface area contributed by atoms with Gasteiger partial charge in [-0.2, -0.15) is 0 Å². The highest BCUT2D eigenvalue weighted by Crippen LogP contribution is 1.97. The van der Waals surface area contributed by atoms with Crippen LogP contribution in [0.25, 0.3) is 0 Å². The molecule has 0 aliphatic rings. The molecule has 7 heteroatoms. The summed E-state index contributed by atoms with van der Waals surface area (Å²) in [6.45, 7) is 4.15. The monoisotopic (exact) mass is 511 g/mol. The fourth-order valence-corrected chi connectivity index (χ4v) is 2.84. The molecule has 0 radical (unpaired) electrons. The molecule has 0 fully saturated rings. The average Bonchev–Trinajstić information content (AvgIpc) is 2.88. The Morgan fingerprint density at radius 2 is 1.05 bits per heavy atom. The molecule has 0 saturated heterocycles. The molecule has 37 heavy (non-hydrogen) atoms. The van der Waals surface area contributed by atoms with Gasteiger partial charge in [0, 0.05) is 44.8 Å². The summed E-state index contributed by atoms with van der Waals surface area (Å²) in [6, 6.07) is 0. The number of carbonyl (C=O) groups excluding carboxylic acids is 2. The number of hydrogen-bond acceptors (Lipinski definition) is 4. The highest BCUT2D eigenvalue weighted by Gasteiger charge is 1.99. The first-order valence-corrected chi connectivity index (χ1v) is 13.1. The van der Waals surface area contributed by atoms with E-state index in [1.54, 1.807) is 0 Å². The third-order valence-corrected chi connectivity index (χ3v) is 4.74. The van der Waals surface area contributed by atoms with Gasteiger partial charge in [0.05, 0.1) is 0 Å². The van der Waals surface area contributed by atoms with Crippen LogP contribution >= 0.6 is 0 Å². The van der Waals surface area contributed by atoms with Crippen LogP contribution in [-0.2, 0) is 14.4 Å². The third kappa shape index (κ3) is 28.7. The second kappa shape index (κ2) is 27.1. The summed E-state index contributed by atoms with van der Waals surface area (Å²) in [5.74, 6) is -1.61. The molecule has 204 valence electrons. The maximum Gasteiger partial charge on any atom is 0.328 e. The summed E-state index contributed by atoms with van der Waals surface area (Å²) >= 11 is 0. The van der Waals surface area contributed by atoms with Crippen molar-refractivity contribution in [1.82, 2.24) is 16.0 Å². The Hall–Kier alpha value is -3.45. The SMILES string of the molecule is CCC=CCC=CCC=CCC=CCC=CCC=CCCC(=O)NCCNCCNC(=O)C=CC(=O)O. The van der Waals surface area contributed by atoms with Crippen LogP contribution in [0.15, 0.2) is 85.1 Å². The Kier molecular flexibility index (Phi) is 24.6. The Bertz CT molecular complexity index is 821. The molecule has 0 heterocycles. The topological polar surface area (TPSA) is 108 Å². The van der Waals surface area contributed by atoms with Gasteiger partial charge in [0.1, 0.15) is 0 Å². The van der Waals surface area contributed by atoms with E-state index >= 15 is 0 Å². The van der Waals surface area contributed by atoms with Crippen LogP contribution in [0.5, 0.6) is 0 Å². The van der Waals surface area contributed by atoms with Crippen LogP contribution in [0.1, 0.15) is 58.3 Å². The van der Waals surface area contributed by atoms with E-state index in [0.29, 0.717) is 39.0 Å². The Labute approximate surface area is 222 Å². The summed E-state index contributed by atoms with van der Waals surface area (Å²) in [7, 11) is 0. The fourth-order valence-electron chi connectivity index (χ4n) is 2.84. The smallest absolute Gasteiger partial charge is 0.328 e. The molecule has 0 unspecified atom stereocenters. The van der Waals surface area contributed by atoms with Gasteiger partial charge in [0.2, 0.25) is 11.8 Å². The molecular formula is C30H45N3O4. The summed E-state index contributed by atoms with van der Waals surface area (Å²) in [5.41, 5.74) is 0. The van der Waals surface area contributed by atoms with Crippen molar-refractivity contribution in [1.29, 1.82) is 0 Å². The minimum atomic E-state index is -1.16. The van der Waals surface area contributed by atoms with Crippen LogP contribution in [-0.4, -0.2) is 49.1 Å². The molecule has 0 spiro atoms. The Morgan fingerprint density at radius 1 is 0.595 bits per heavy atom. The van der Waals surface area contributed by atoms with E-state index in [-0.39, 0.29) is 5.91 Å². The van der Waals surface area contributed by atoms with E-state index in [2.05, 4.69) is 89.7 Å². The minimum Gasteiger partial charge on any atom is -0.478 e. The molecule has 0 aromatic rings. The second-order valence-electron chi connectivity index (χ2n) is 8.02. The first-order chi connectivity index (χ1) is 18.1. The zero-order chi connectivity index (χ0) is 27.2. The molecule has 4 N–H and O–H groups in total. The summed E-state index contributed by atoms with van der Waals surface area (Å²) in [4.78, 5) is 33.4. The van der Waals surface area contributed by atoms with Gasteiger partial charge in [-0.3, -0.25) is 9.59 Å². The first-order valence-electron chi connectivity index (χ1n) is 13.1. The maximum atomic E-state index is 11.8. The molecule has 0 aliphatic heterocycles. The summed E-state index contributed by atoms with van der Waals surface area (Å²) in [5, 5.41) is 16.9. The van der Waals surface area contributed by atoms with Crippen LogP contribution in [0.4, 0.5) is 0 Å². The van der Waals surface area contributed by atoms with E-state index in [9.17, 15) is 14.4 Å². The lowest BCUT2D eigenvalue weighted by atomic mass is 10.2. The van der Waals surface area contributed by atoms with Crippen molar-refractivity contribution in [3.63, 3.8) is 0 Å². The van der Waals surface area contributed by atoms with Gasteiger partial charge < -0.3 is 21.1 Å². The molecule has 0 aliphatic carbocycles. The number of carboxylic acid groups (broad SMARTS) is 1. The normalized spacial score (nSPS) is 12.5. The molecule has 0 saturated carbocycles. The third-order valence-electron chi connectivity index (χ3n) is 4.74. The number of carbonyl (C=O) groups is 3. The minimum absolute atomic E-state index is 0.00781. The van der Waals surface area contributed by atoms with E-state index in [4.69, 9.17) is 5.11 Å². The first kappa shape index (κ1) is 33.5. The molecule has 0 bridgehead atoms. The molecule has 0 aromatic carbocycles. The van der Waals surface area contributed by atoms with E-state index in [1.165, 1.54) is 0 Å². The predicted octanol–water partition coefficient (Wildman–Crippen LogP) is 4.93. The second-order valence-corrected chi connectivity index (χ2v) is 8.02. The number of nitrogens with one attached hydrogen (secondary N) is 3. The van der Waals surface area contributed by atoms with Gasteiger partial charge in [0.15, 0.2) is 0 Å². The molecular weight excluding hydrogens is 466 g/mol. The van der Waals surface area contributed by atoms with Crippen molar-refractivity contribution in [2.45, 2.75) is 58.3 Å². The van der Waals surface area contributed by atoms with E-state index in [1.807, 2.05) is 6.08 Å². The number of amides is 2. The summed E-state index contributed by atoms with van der Waals surface area (Å²) in [6.07, 6.45) is 34.7. The van der Waals surface area contributed by atoms with Gasteiger partial charge >= 0.3 is 5.97 Å². The Balaban J connectivity index is 3.58. The standard InChI is InChI=1S/C30H45N3O4/c1-2-3-4-5-6-7-8-9-10-11-12-13-14-15-16-17-18-19-20-21-28(34)32-26-24-31-25-27-33-29(35)22-23-30(36)37/h3-4,6-7,9-10,12-13,15-16,18-19,22-23,31H,2,5,8,11,14,17,20-21,24-27H2,1H3,(H,32,34)(H,33,35)(H,36,37). The Morgan fingerprint density at radius 3 is 1.54 bits per heavy atom. The van der Waals surface area contributed by atoms with Gasteiger partial charge in [-0.25, -0.2) is 4.79 Å². The van der Waals surface area contributed by atoms with Crippen LogP contribution in [0.3, 0.4) is 0 Å². The van der Waals surface area contributed by atoms with Crippen LogP contribution in [0, 0.1) is 0 Å². The number of allylic oxidation sites excluding steroid dienone is 12. The molecule has 0 aromatic heterocycles. The van der Waals surface area contributed by atoms with Gasteiger partial charge in [0.25, 0.3) is 0 Å². The highest BCUT2D eigenvalue weighted by molar-refractivity contribution is 5.93. The van der Waals surface area contributed by atoms with Crippen molar-refractivity contribution < 1.29 is 19.5 Å². The molecule has 7 nitrogen and oxygen atoms in total. The predicted molar refractivity (Wildman–Crippen MR) is 153 cm³/mol. The van der Waals surface area contributed by atoms with Crippen molar-refractivity contribution in [3.8, 4) is 0 Å². The van der Waals surface area contributed by atoms with Crippen molar-refractivity contribution >= 4 is 17.8 Å². The lowest BCUT2D eigenvalue weighted by Gasteiger charge is -2.06. The number of aliphatic carboxylic acids is 1. The zero-order valence-electron chi connectivity index (χ0n) is 22.2. The summed E-state index contributed by atoms with van der Waals surface area (Å²) < 4.78 is 0. The van der Waals surface area contributed by atoms with E-state index in [0.717, 1.165) is 50.7 Å². The molecule has 0 rings (SSSR count). The number of hydrogen-bond donors (Lipinski definition) is 4. The van der Waals surface area contributed by atoms with Gasteiger partial charge in [-0.15, -0.1) is 0 Å².